The van der Waals surface area contributed by atoms with E-state index >= 15 is 0 Å². The minimum atomic E-state index is 0.564. The fraction of sp³-hybridized carbons (Fsp3) is 0.444. The van der Waals surface area contributed by atoms with Gasteiger partial charge in [0.2, 0.25) is 5.13 Å². The van der Waals surface area contributed by atoms with Crippen molar-refractivity contribution >= 4 is 32.4 Å². The first-order chi connectivity index (χ1) is 12.3. The van der Waals surface area contributed by atoms with E-state index in [4.69, 9.17) is 4.74 Å². The fourth-order valence-electron chi connectivity index (χ4n) is 2.83. The molecule has 0 amide bonds. The van der Waals surface area contributed by atoms with Crippen molar-refractivity contribution < 1.29 is 4.74 Å². The van der Waals surface area contributed by atoms with E-state index in [2.05, 4.69) is 54.5 Å². The summed E-state index contributed by atoms with van der Waals surface area (Å²) in [7, 11) is 0. The van der Waals surface area contributed by atoms with Crippen LogP contribution < -0.4 is 10.1 Å². The van der Waals surface area contributed by atoms with Crippen LogP contribution in [0.3, 0.4) is 0 Å². The number of likely N-dealkylation sites (tertiary alicyclic amines) is 1. The molecule has 0 atom stereocenters. The summed E-state index contributed by atoms with van der Waals surface area (Å²) >= 11 is 4.77. The van der Waals surface area contributed by atoms with Gasteiger partial charge in [-0.25, -0.2) is 0 Å². The Balaban J connectivity index is 1.38. The van der Waals surface area contributed by atoms with Crippen LogP contribution in [-0.2, 0) is 6.54 Å². The van der Waals surface area contributed by atoms with Crippen molar-refractivity contribution in [3.8, 4) is 5.75 Å². The zero-order valence-corrected chi connectivity index (χ0v) is 16.6. The molecular formula is C18H23BrN4OS. The Morgan fingerprint density at radius 2 is 2.08 bits per heavy atom. The molecule has 1 saturated heterocycles. The normalized spacial score (nSPS) is 15.6. The molecule has 1 N–H and O–H groups in total. The van der Waals surface area contributed by atoms with E-state index in [1.165, 1.54) is 49.3 Å². The Hall–Kier alpha value is -1.44. The molecule has 134 valence electrons. The Morgan fingerprint density at radius 3 is 2.88 bits per heavy atom. The summed E-state index contributed by atoms with van der Waals surface area (Å²) in [6.07, 6.45) is 8.07. The zero-order valence-electron chi connectivity index (χ0n) is 14.2. The molecular weight excluding hydrogens is 400 g/mol. The standard InChI is InChI=1S/C18H23BrN4OS/c19-17-21-22-18(25-17)20-9-2-5-12-24-16-8-6-7-15(13-16)14-23-10-3-1-4-11-23/h2,5-8,13H,1,3-4,9-12,14H2,(H,20,22)/b5-2+. The van der Waals surface area contributed by atoms with Crippen LogP contribution in [0.15, 0.2) is 40.3 Å². The van der Waals surface area contributed by atoms with Crippen molar-refractivity contribution in [1.29, 1.82) is 0 Å². The van der Waals surface area contributed by atoms with E-state index in [0.717, 1.165) is 21.3 Å². The summed E-state index contributed by atoms with van der Waals surface area (Å²) in [5.41, 5.74) is 1.33. The molecule has 2 heterocycles. The maximum Gasteiger partial charge on any atom is 0.206 e. The van der Waals surface area contributed by atoms with Gasteiger partial charge in [-0.1, -0.05) is 36.0 Å². The van der Waals surface area contributed by atoms with Crippen molar-refractivity contribution in [2.24, 2.45) is 0 Å². The molecule has 0 aliphatic carbocycles. The number of hydrogen-bond donors (Lipinski definition) is 1. The molecule has 0 saturated carbocycles. The molecule has 3 rings (SSSR count). The van der Waals surface area contributed by atoms with Crippen LogP contribution in [0.4, 0.5) is 5.13 Å². The third kappa shape index (κ3) is 6.41. The number of ether oxygens (including phenoxy) is 1. The third-order valence-corrected chi connectivity index (χ3v) is 5.35. The SMILES string of the molecule is Brc1nnc(NC/C=C/COc2cccc(CN3CCCCC3)c2)s1. The average molecular weight is 423 g/mol. The van der Waals surface area contributed by atoms with Crippen molar-refractivity contribution in [2.45, 2.75) is 25.8 Å². The molecule has 0 unspecified atom stereocenters. The van der Waals surface area contributed by atoms with Gasteiger partial charge >= 0.3 is 0 Å². The van der Waals surface area contributed by atoms with Crippen LogP contribution in [-0.4, -0.2) is 41.3 Å². The Morgan fingerprint density at radius 1 is 1.20 bits per heavy atom. The van der Waals surface area contributed by atoms with E-state index in [1.807, 2.05) is 18.2 Å². The van der Waals surface area contributed by atoms with E-state index in [0.29, 0.717) is 13.2 Å². The summed E-state index contributed by atoms with van der Waals surface area (Å²) in [6.45, 7) is 4.72. The molecule has 1 fully saturated rings. The van der Waals surface area contributed by atoms with E-state index in [9.17, 15) is 0 Å². The summed E-state index contributed by atoms with van der Waals surface area (Å²) in [4.78, 5) is 2.53. The summed E-state index contributed by atoms with van der Waals surface area (Å²) < 4.78 is 6.61. The smallest absolute Gasteiger partial charge is 0.206 e. The topological polar surface area (TPSA) is 50.3 Å². The van der Waals surface area contributed by atoms with E-state index in [1.54, 1.807) is 0 Å². The summed E-state index contributed by atoms with van der Waals surface area (Å²) in [6, 6.07) is 8.43. The minimum Gasteiger partial charge on any atom is -0.490 e. The highest BCUT2D eigenvalue weighted by Crippen LogP contribution is 2.20. The number of aromatic nitrogens is 2. The Kier molecular flexibility index (Phi) is 7.26. The minimum absolute atomic E-state index is 0.564. The highest BCUT2D eigenvalue weighted by Gasteiger charge is 2.10. The van der Waals surface area contributed by atoms with Gasteiger partial charge in [-0.3, -0.25) is 4.90 Å². The first kappa shape index (κ1) is 18.4. The Bertz CT molecular complexity index is 685. The van der Waals surface area contributed by atoms with Crippen LogP contribution in [0, 0.1) is 0 Å². The zero-order chi connectivity index (χ0) is 17.3. The van der Waals surface area contributed by atoms with Gasteiger partial charge in [-0.15, -0.1) is 10.2 Å². The second-order valence-electron chi connectivity index (χ2n) is 6.01. The first-order valence-corrected chi connectivity index (χ1v) is 10.2. The van der Waals surface area contributed by atoms with Crippen molar-refractivity contribution in [1.82, 2.24) is 15.1 Å². The number of nitrogens with zero attached hydrogens (tertiary/aromatic N) is 3. The second kappa shape index (κ2) is 9.89. The number of piperidine rings is 1. The van der Waals surface area contributed by atoms with Gasteiger partial charge < -0.3 is 10.1 Å². The van der Waals surface area contributed by atoms with Gasteiger partial charge in [0.15, 0.2) is 3.92 Å². The lowest BCUT2D eigenvalue weighted by Crippen LogP contribution is -2.29. The van der Waals surface area contributed by atoms with Gasteiger partial charge in [0.25, 0.3) is 0 Å². The van der Waals surface area contributed by atoms with Crippen molar-refractivity contribution in [3.05, 3.63) is 45.9 Å². The van der Waals surface area contributed by atoms with Crippen LogP contribution in [0.1, 0.15) is 24.8 Å². The predicted octanol–water partition coefficient (Wildman–Crippen LogP) is 4.33. The van der Waals surface area contributed by atoms with Crippen LogP contribution >= 0.6 is 27.3 Å². The first-order valence-electron chi connectivity index (χ1n) is 8.61. The molecule has 1 aliphatic rings. The molecule has 0 spiro atoms. The van der Waals surface area contributed by atoms with Gasteiger partial charge in [-0.2, -0.15) is 0 Å². The number of halogens is 1. The van der Waals surface area contributed by atoms with Crippen LogP contribution in [0.25, 0.3) is 0 Å². The molecule has 1 aromatic heterocycles. The van der Waals surface area contributed by atoms with Crippen LogP contribution in [0.2, 0.25) is 0 Å². The highest BCUT2D eigenvalue weighted by molar-refractivity contribution is 9.11. The fourth-order valence-corrected chi connectivity index (χ4v) is 3.85. The van der Waals surface area contributed by atoms with E-state index < -0.39 is 0 Å². The largest absolute Gasteiger partial charge is 0.490 e. The molecule has 2 aromatic rings. The summed E-state index contributed by atoms with van der Waals surface area (Å²) in [5, 5.41) is 11.9. The number of hydrogen-bond acceptors (Lipinski definition) is 6. The lowest BCUT2D eigenvalue weighted by atomic mass is 10.1. The number of benzene rings is 1. The third-order valence-electron chi connectivity index (χ3n) is 4.04. The van der Waals surface area contributed by atoms with Crippen molar-refractivity contribution in [2.75, 3.05) is 31.6 Å². The van der Waals surface area contributed by atoms with E-state index in [-0.39, 0.29) is 0 Å². The quantitative estimate of drug-likeness (QED) is 0.641. The number of rotatable bonds is 8. The predicted molar refractivity (Wildman–Crippen MR) is 106 cm³/mol. The van der Waals surface area contributed by atoms with Gasteiger partial charge in [0.05, 0.1) is 0 Å². The van der Waals surface area contributed by atoms with Gasteiger partial charge in [-0.05, 0) is 65.6 Å². The maximum absolute atomic E-state index is 5.83. The molecule has 5 nitrogen and oxygen atoms in total. The lowest BCUT2D eigenvalue weighted by Gasteiger charge is -2.26. The number of anilines is 1. The summed E-state index contributed by atoms with van der Waals surface area (Å²) in [5.74, 6) is 0.931. The number of nitrogens with one attached hydrogen (secondary N) is 1. The molecule has 0 bridgehead atoms. The van der Waals surface area contributed by atoms with Crippen molar-refractivity contribution in [3.63, 3.8) is 0 Å². The van der Waals surface area contributed by atoms with Gasteiger partial charge in [0, 0.05) is 13.1 Å². The molecule has 7 heteroatoms. The Labute approximate surface area is 161 Å². The van der Waals surface area contributed by atoms with Crippen LogP contribution in [0.5, 0.6) is 5.75 Å². The second-order valence-corrected chi connectivity index (χ2v) is 8.26. The molecule has 1 aliphatic heterocycles. The molecule has 0 radical (unpaired) electrons. The monoisotopic (exact) mass is 422 g/mol. The molecule has 25 heavy (non-hydrogen) atoms. The molecule has 1 aromatic carbocycles. The average Bonchev–Trinajstić information content (AvgIpc) is 3.04. The van der Waals surface area contributed by atoms with Gasteiger partial charge in [0.1, 0.15) is 12.4 Å². The highest BCUT2D eigenvalue weighted by atomic mass is 79.9. The maximum atomic E-state index is 5.83. The lowest BCUT2D eigenvalue weighted by molar-refractivity contribution is 0.220.